The van der Waals surface area contributed by atoms with Crippen molar-refractivity contribution < 1.29 is 14.3 Å². The fourth-order valence-electron chi connectivity index (χ4n) is 5.36. The van der Waals surface area contributed by atoms with Gasteiger partial charge in [-0.1, -0.05) is 37.6 Å². The molecule has 1 saturated heterocycles. The highest BCUT2D eigenvalue weighted by molar-refractivity contribution is 5.66. The van der Waals surface area contributed by atoms with Gasteiger partial charge in [0.15, 0.2) is 0 Å². The van der Waals surface area contributed by atoms with Crippen LogP contribution in [-0.4, -0.2) is 23.8 Å². The molecule has 1 saturated carbocycles. The Labute approximate surface area is 146 Å². The van der Waals surface area contributed by atoms with Gasteiger partial charge < -0.3 is 9.47 Å². The summed E-state index contributed by atoms with van der Waals surface area (Å²) in [5, 5.41) is 0. The molecule has 0 spiro atoms. The minimum atomic E-state index is -0.587. The highest BCUT2D eigenvalue weighted by Crippen LogP contribution is 2.55. The number of esters is 1. The maximum absolute atomic E-state index is 11.8. The zero-order valence-electron chi connectivity index (χ0n) is 15.8. The van der Waals surface area contributed by atoms with Crippen LogP contribution in [0.4, 0.5) is 0 Å². The second-order valence-electron chi connectivity index (χ2n) is 8.67. The number of carbonyl (C=O) groups is 1. The van der Waals surface area contributed by atoms with Crippen molar-refractivity contribution in [1.29, 1.82) is 0 Å². The third-order valence-electron chi connectivity index (χ3n) is 6.46. The molecule has 3 rings (SSSR count). The van der Waals surface area contributed by atoms with Gasteiger partial charge in [-0.25, -0.2) is 0 Å². The summed E-state index contributed by atoms with van der Waals surface area (Å²) in [6, 6.07) is 0. The zero-order chi connectivity index (χ0) is 17.6. The van der Waals surface area contributed by atoms with Gasteiger partial charge in [0.05, 0.1) is 6.10 Å². The van der Waals surface area contributed by atoms with E-state index in [-0.39, 0.29) is 18.2 Å². The van der Waals surface area contributed by atoms with Crippen molar-refractivity contribution in [2.75, 3.05) is 0 Å². The van der Waals surface area contributed by atoms with E-state index in [0.29, 0.717) is 23.7 Å². The van der Waals surface area contributed by atoms with Gasteiger partial charge in [-0.3, -0.25) is 4.79 Å². The Morgan fingerprint density at radius 3 is 2.79 bits per heavy atom. The normalized spacial score (nSPS) is 44.3. The fourth-order valence-corrected chi connectivity index (χ4v) is 5.36. The molecule has 2 heterocycles. The largest absolute Gasteiger partial charge is 0.456 e. The van der Waals surface area contributed by atoms with E-state index in [4.69, 9.17) is 9.47 Å². The maximum atomic E-state index is 11.8. The summed E-state index contributed by atoms with van der Waals surface area (Å²) in [6.07, 6.45) is 6.37. The van der Waals surface area contributed by atoms with E-state index < -0.39 is 5.60 Å². The molecule has 134 valence electrons. The second kappa shape index (κ2) is 6.33. The van der Waals surface area contributed by atoms with E-state index in [1.54, 1.807) is 0 Å². The van der Waals surface area contributed by atoms with E-state index in [1.807, 2.05) is 0 Å². The summed E-state index contributed by atoms with van der Waals surface area (Å²) in [5.74, 6) is 1.78. The summed E-state index contributed by atoms with van der Waals surface area (Å²) in [4.78, 5) is 11.8. The topological polar surface area (TPSA) is 35.5 Å². The second-order valence-corrected chi connectivity index (χ2v) is 8.67. The monoisotopic (exact) mass is 332 g/mol. The highest BCUT2D eigenvalue weighted by Gasteiger charge is 2.58. The van der Waals surface area contributed by atoms with Gasteiger partial charge in [0.1, 0.15) is 11.7 Å². The SMILES string of the molecule is C=C1CC[C@H](C(C)C)[C@@H]2[C@H]1[C@@H]1C/C(C)=C\C[C@@](C)(OC(C)=O)[C@H]2O1. The van der Waals surface area contributed by atoms with Crippen molar-refractivity contribution in [3.8, 4) is 0 Å². The van der Waals surface area contributed by atoms with Gasteiger partial charge in [0.2, 0.25) is 0 Å². The van der Waals surface area contributed by atoms with Crippen LogP contribution >= 0.6 is 0 Å². The van der Waals surface area contributed by atoms with Gasteiger partial charge in [0, 0.05) is 25.2 Å². The molecule has 0 aromatic rings. The summed E-state index contributed by atoms with van der Waals surface area (Å²) in [6.45, 7) is 14.7. The third kappa shape index (κ3) is 2.96. The van der Waals surface area contributed by atoms with Gasteiger partial charge in [-0.05, 0) is 44.9 Å². The van der Waals surface area contributed by atoms with E-state index in [0.717, 1.165) is 19.3 Å². The minimum Gasteiger partial charge on any atom is -0.456 e. The third-order valence-corrected chi connectivity index (χ3v) is 6.46. The highest BCUT2D eigenvalue weighted by atomic mass is 16.6. The molecule has 3 nitrogen and oxygen atoms in total. The van der Waals surface area contributed by atoms with Crippen molar-refractivity contribution in [2.45, 2.75) is 78.1 Å². The number of rotatable bonds is 2. The lowest BCUT2D eigenvalue weighted by molar-refractivity contribution is -0.177. The van der Waals surface area contributed by atoms with E-state index >= 15 is 0 Å². The van der Waals surface area contributed by atoms with Crippen LogP contribution in [0.1, 0.15) is 60.3 Å². The van der Waals surface area contributed by atoms with Crippen LogP contribution in [0, 0.1) is 23.7 Å². The number of hydrogen-bond donors (Lipinski definition) is 0. The van der Waals surface area contributed by atoms with Gasteiger partial charge in [-0.2, -0.15) is 0 Å². The maximum Gasteiger partial charge on any atom is 0.303 e. The number of carbonyl (C=O) groups excluding carboxylic acids is 1. The molecule has 3 aliphatic rings. The molecule has 0 amide bonds. The van der Waals surface area contributed by atoms with E-state index in [9.17, 15) is 4.79 Å². The molecule has 0 unspecified atom stereocenters. The number of ether oxygens (including phenoxy) is 2. The molecule has 3 heteroatoms. The van der Waals surface area contributed by atoms with Crippen LogP contribution < -0.4 is 0 Å². The van der Waals surface area contributed by atoms with Crippen molar-refractivity contribution in [3.63, 3.8) is 0 Å². The fraction of sp³-hybridized carbons (Fsp3) is 0.762. The first-order valence-corrected chi connectivity index (χ1v) is 9.41. The van der Waals surface area contributed by atoms with Gasteiger partial charge >= 0.3 is 5.97 Å². The Balaban J connectivity index is 2.05. The molecular weight excluding hydrogens is 300 g/mol. The molecular formula is C21H32O3. The van der Waals surface area contributed by atoms with Crippen LogP contribution in [0.5, 0.6) is 0 Å². The van der Waals surface area contributed by atoms with E-state index in [1.165, 1.54) is 24.5 Å². The first-order valence-electron chi connectivity index (χ1n) is 9.41. The molecule has 2 bridgehead atoms. The van der Waals surface area contributed by atoms with Crippen LogP contribution in [-0.2, 0) is 14.3 Å². The summed E-state index contributed by atoms with van der Waals surface area (Å²) < 4.78 is 12.5. The molecule has 0 radical (unpaired) electrons. The van der Waals surface area contributed by atoms with Crippen molar-refractivity contribution in [1.82, 2.24) is 0 Å². The number of fused-ring (bicyclic) bond motifs is 5. The van der Waals surface area contributed by atoms with Gasteiger partial charge in [-0.15, -0.1) is 0 Å². The molecule has 24 heavy (non-hydrogen) atoms. The van der Waals surface area contributed by atoms with Crippen molar-refractivity contribution >= 4 is 5.97 Å². The molecule has 2 aliphatic heterocycles. The predicted octanol–water partition coefficient (Wildman–Crippen LogP) is 4.67. The lowest BCUT2D eigenvalue weighted by atomic mass is 9.62. The van der Waals surface area contributed by atoms with Crippen LogP contribution in [0.15, 0.2) is 23.8 Å². The predicted molar refractivity (Wildman–Crippen MR) is 95.5 cm³/mol. The van der Waals surface area contributed by atoms with Crippen molar-refractivity contribution in [2.24, 2.45) is 23.7 Å². The lowest BCUT2D eigenvalue weighted by Crippen LogP contribution is -2.50. The first kappa shape index (κ1) is 17.7. The quantitative estimate of drug-likeness (QED) is 0.544. The molecule has 0 N–H and O–H groups in total. The zero-order valence-corrected chi connectivity index (χ0v) is 15.8. The Bertz CT molecular complexity index is 561. The Morgan fingerprint density at radius 2 is 2.17 bits per heavy atom. The Kier molecular flexibility index (Phi) is 4.67. The summed E-state index contributed by atoms with van der Waals surface area (Å²) in [7, 11) is 0. The lowest BCUT2D eigenvalue weighted by Gasteiger charge is -2.44. The Hall–Kier alpha value is -1.09. The molecule has 6 atom stereocenters. The smallest absolute Gasteiger partial charge is 0.303 e. The van der Waals surface area contributed by atoms with Crippen molar-refractivity contribution in [3.05, 3.63) is 23.8 Å². The minimum absolute atomic E-state index is 0.0369. The van der Waals surface area contributed by atoms with Gasteiger partial charge in [0.25, 0.3) is 0 Å². The molecule has 1 aliphatic carbocycles. The van der Waals surface area contributed by atoms with Crippen LogP contribution in [0.25, 0.3) is 0 Å². The average Bonchev–Trinajstić information content (AvgIpc) is 2.85. The van der Waals surface area contributed by atoms with Crippen LogP contribution in [0.3, 0.4) is 0 Å². The average molecular weight is 332 g/mol. The Morgan fingerprint density at radius 1 is 1.46 bits per heavy atom. The summed E-state index contributed by atoms with van der Waals surface area (Å²) >= 11 is 0. The molecule has 2 fully saturated rings. The number of hydrogen-bond acceptors (Lipinski definition) is 3. The van der Waals surface area contributed by atoms with E-state index in [2.05, 4.69) is 40.3 Å². The summed E-state index contributed by atoms with van der Waals surface area (Å²) in [5.41, 5.74) is 2.08. The molecule has 0 aromatic carbocycles. The van der Waals surface area contributed by atoms with Crippen LogP contribution in [0.2, 0.25) is 0 Å². The molecule has 0 aromatic heterocycles. The first-order chi connectivity index (χ1) is 11.2. The standard InChI is InChI=1S/C21H32O3/c1-12(2)16-8-7-14(4)18-17-11-13(3)9-10-21(6,24-15(5)22)20(23-17)19(16)18/h9,12,16-20H,4,7-8,10-11H2,1-3,5-6H3/b13-9-/t16-,17+,18-,19-,20+,21-/m1/s1.